The van der Waals surface area contributed by atoms with Crippen LogP contribution in [0.15, 0.2) is 40.3 Å². The second kappa shape index (κ2) is 5.80. The summed E-state index contributed by atoms with van der Waals surface area (Å²) in [4.78, 5) is 7.10. The number of guanidine groups is 1. The molecule has 0 saturated heterocycles. The molecule has 0 aliphatic heterocycles. The highest BCUT2D eigenvalue weighted by atomic mass is 15.1. The molecule has 4 heteroatoms. The molecule has 80 valence electrons. The summed E-state index contributed by atoms with van der Waals surface area (Å²) in [6.45, 7) is -0.951. The van der Waals surface area contributed by atoms with E-state index in [9.17, 15) is 0 Å². The lowest BCUT2D eigenvalue weighted by atomic mass is 10.2. The molecule has 1 aromatic carbocycles. The summed E-state index contributed by atoms with van der Waals surface area (Å²) in [5, 5.41) is 0. The van der Waals surface area contributed by atoms with Crippen molar-refractivity contribution in [1.82, 2.24) is 0 Å². The van der Waals surface area contributed by atoms with Gasteiger partial charge in [-0.25, -0.2) is 4.99 Å². The highest BCUT2D eigenvalue weighted by Gasteiger charge is 1.91. The summed E-state index contributed by atoms with van der Waals surface area (Å²) in [6.07, 6.45) is -1.56. The molecule has 15 heavy (non-hydrogen) atoms. The van der Waals surface area contributed by atoms with Crippen LogP contribution in [0.1, 0.15) is 19.3 Å². The molecule has 0 fully saturated rings. The fourth-order valence-corrected chi connectivity index (χ4v) is 0.818. The Balaban J connectivity index is 3.18. The van der Waals surface area contributed by atoms with Gasteiger partial charge in [-0.15, -0.1) is 0 Å². The van der Waals surface area contributed by atoms with Crippen molar-refractivity contribution in [2.75, 3.05) is 6.50 Å². The first-order valence-electron chi connectivity index (χ1n) is 6.87. The van der Waals surface area contributed by atoms with Gasteiger partial charge in [-0.05, 0) is 18.9 Å². The van der Waals surface area contributed by atoms with Crippen LogP contribution in [0.2, 0.25) is 0 Å². The lowest BCUT2D eigenvalue weighted by Gasteiger charge is -1.97. The fraction of sp³-hybridized carbons (Fsp3) is 0.273. The first kappa shape index (κ1) is 5.90. The highest BCUT2D eigenvalue weighted by Crippen LogP contribution is 1.99. The number of aliphatic imine (C=N–C) groups is 2. The molecule has 0 aromatic heterocycles. The van der Waals surface area contributed by atoms with Crippen molar-refractivity contribution < 1.29 is 6.85 Å². The Morgan fingerprint density at radius 2 is 2.07 bits per heavy atom. The number of nitrogens with zero attached hydrogens (tertiary/aromatic N) is 2. The zero-order chi connectivity index (χ0) is 15.5. The monoisotopic (exact) mass is 209 g/mol. The maximum atomic E-state index is 7.92. The van der Waals surface area contributed by atoms with E-state index in [1.807, 2.05) is 0 Å². The summed E-state index contributed by atoms with van der Waals surface area (Å²) in [5.74, 6) is -0.271. The van der Waals surface area contributed by atoms with Gasteiger partial charge in [0, 0.05) is 7.87 Å². The van der Waals surface area contributed by atoms with Crippen LogP contribution in [0, 0.1) is 0 Å². The number of rotatable bonds is 3. The number of benzene rings is 1. The molecule has 1 unspecified atom stereocenters. The number of hydrogen-bond acceptors (Lipinski definition) is 1. The van der Waals surface area contributed by atoms with Gasteiger partial charge in [-0.3, -0.25) is 4.99 Å². The van der Waals surface area contributed by atoms with Gasteiger partial charge in [0.25, 0.3) is 0 Å². The third-order valence-electron chi connectivity index (χ3n) is 1.35. The van der Waals surface area contributed by atoms with Crippen LogP contribution in [0.4, 0.5) is 0 Å². The van der Waals surface area contributed by atoms with E-state index in [-0.39, 0.29) is 29.4 Å². The second-order valence-electron chi connectivity index (χ2n) is 2.72. The number of nitrogens with two attached hydrogens (primary N) is 2. The smallest absolute Gasteiger partial charge is 0.216 e. The minimum absolute atomic E-state index is 0.0532. The van der Waals surface area contributed by atoms with Crippen LogP contribution in [0.3, 0.4) is 0 Å². The van der Waals surface area contributed by atoms with Gasteiger partial charge in [0.1, 0.15) is 0 Å². The summed E-state index contributed by atoms with van der Waals surface area (Å²) in [7, 11) is 0. The summed E-state index contributed by atoms with van der Waals surface area (Å²) < 4.78 is 38.8. The topological polar surface area (TPSA) is 76.8 Å². The van der Waals surface area contributed by atoms with E-state index in [0.29, 0.717) is 0 Å². The van der Waals surface area contributed by atoms with Crippen LogP contribution in [0.25, 0.3) is 0 Å². The van der Waals surface area contributed by atoms with Crippen molar-refractivity contribution >= 4 is 11.8 Å². The van der Waals surface area contributed by atoms with Crippen LogP contribution in [-0.4, -0.2) is 18.3 Å². The minimum Gasteiger partial charge on any atom is -0.387 e. The van der Waals surface area contributed by atoms with Crippen molar-refractivity contribution in [3.63, 3.8) is 0 Å². The molecule has 0 aliphatic rings. The van der Waals surface area contributed by atoms with Crippen LogP contribution in [0.5, 0.6) is 0 Å². The van der Waals surface area contributed by atoms with Gasteiger partial charge in [0.2, 0.25) is 5.96 Å². The van der Waals surface area contributed by atoms with Crippen LogP contribution < -0.4 is 11.5 Å². The summed E-state index contributed by atoms with van der Waals surface area (Å²) in [5.41, 5.74) is 10.7. The number of hydrogen-bond donors (Lipinski definition) is 2. The van der Waals surface area contributed by atoms with Crippen LogP contribution in [-0.2, 0) is 6.40 Å². The third kappa shape index (κ3) is 4.81. The Hall–Kier alpha value is -1.84. The Morgan fingerprint density at radius 1 is 1.40 bits per heavy atom. The minimum atomic E-state index is -2.42. The average Bonchev–Trinajstić information content (AvgIpc) is 2.26. The van der Waals surface area contributed by atoms with Gasteiger partial charge in [-0.2, -0.15) is 0 Å². The quantitative estimate of drug-likeness (QED) is 0.573. The Kier molecular flexibility index (Phi) is 2.28. The average molecular weight is 209 g/mol. The lowest BCUT2D eigenvalue weighted by molar-refractivity contribution is 0.962. The molecule has 0 heterocycles. The maximum Gasteiger partial charge on any atom is 0.216 e. The van der Waals surface area contributed by atoms with Crippen molar-refractivity contribution in [2.24, 2.45) is 21.5 Å². The van der Waals surface area contributed by atoms with Crippen molar-refractivity contribution in [2.45, 2.75) is 13.3 Å². The normalized spacial score (nSPS) is 20.7. The second-order valence-corrected chi connectivity index (χ2v) is 2.72. The predicted octanol–water partition coefficient (Wildman–Crippen LogP) is 0.921. The van der Waals surface area contributed by atoms with Crippen molar-refractivity contribution in [3.8, 4) is 0 Å². The van der Waals surface area contributed by atoms with Gasteiger partial charge < -0.3 is 11.5 Å². The van der Waals surface area contributed by atoms with Gasteiger partial charge in [0.05, 0.1) is 11.3 Å². The standard InChI is InChI=1S/C11H16N4/c1-9(12)15-11(13)14-8-7-10-5-3-2-4-6-10/h2-6H,7-8H2,1H3,(H4,12,13,14,15)/i5D,6D,7D,8D2. The molecule has 1 rings (SSSR count). The van der Waals surface area contributed by atoms with E-state index in [0.717, 1.165) is 0 Å². The molecule has 4 nitrogen and oxygen atoms in total. The lowest BCUT2D eigenvalue weighted by Crippen LogP contribution is -2.16. The Morgan fingerprint density at radius 3 is 2.67 bits per heavy atom. The Labute approximate surface area is 96.8 Å². The van der Waals surface area contributed by atoms with Crippen molar-refractivity contribution in [3.05, 3.63) is 35.8 Å². The van der Waals surface area contributed by atoms with E-state index < -0.39 is 12.9 Å². The third-order valence-corrected chi connectivity index (χ3v) is 1.35. The molecule has 4 N–H and O–H groups in total. The molecule has 0 bridgehead atoms. The molecule has 1 aromatic rings. The molecule has 0 spiro atoms. The summed E-state index contributed by atoms with van der Waals surface area (Å²) >= 11 is 0. The Bertz CT molecular complexity index is 531. The van der Waals surface area contributed by atoms with Gasteiger partial charge in [0.15, 0.2) is 0 Å². The van der Waals surface area contributed by atoms with E-state index >= 15 is 0 Å². The molecular weight excluding hydrogens is 188 g/mol. The maximum absolute atomic E-state index is 7.92. The SMILES string of the molecule is [2H]c1cccc([2H])c1C([2H])C([2H])([2H])N=C(N)N=C(C)N. The molecule has 0 amide bonds. The first-order valence-corrected chi connectivity index (χ1v) is 4.29. The van der Waals surface area contributed by atoms with Crippen LogP contribution >= 0.6 is 0 Å². The van der Waals surface area contributed by atoms with Gasteiger partial charge in [-0.1, -0.05) is 30.3 Å². The number of amidine groups is 1. The molecule has 0 aliphatic carbocycles. The van der Waals surface area contributed by atoms with E-state index in [1.165, 1.54) is 25.1 Å². The molecule has 0 radical (unpaired) electrons. The van der Waals surface area contributed by atoms with E-state index in [1.54, 1.807) is 0 Å². The molecular formula is C11H16N4. The summed E-state index contributed by atoms with van der Waals surface area (Å²) in [6, 6.07) is 4.10. The predicted molar refractivity (Wildman–Crippen MR) is 63.9 cm³/mol. The highest BCUT2D eigenvalue weighted by molar-refractivity contribution is 5.93. The van der Waals surface area contributed by atoms with E-state index in [2.05, 4.69) is 9.98 Å². The molecule has 1 atom stereocenters. The van der Waals surface area contributed by atoms with Gasteiger partial charge >= 0.3 is 0 Å². The van der Waals surface area contributed by atoms with E-state index in [4.69, 9.17) is 18.3 Å². The largest absolute Gasteiger partial charge is 0.387 e. The zero-order valence-electron chi connectivity index (χ0n) is 13.4. The zero-order valence-corrected chi connectivity index (χ0v) is 8.36. The molecule has 0 saturated carbocycles. The first-order chi connectivity index (χ1) is 9.15. The van der Waals surface area contributed by atoms with Crippen molar-refractivity contribution in [1.29, 1.82) is 0 Å². The fourth-order valence-electron chi connectivity index (χ4n) is 0.818.